The van der Waals surface area contributed by atoms with Crippen LogP contribution in [-0.2, 0) is 20.0 Å². The molecule has 18 heavy (non-hydrogen) atoms. The van der Waals surface area contributed by atoms with Gasteiger partial charge in [-0.25, -0.2) is 25.9 Å². The molecule has 0 aliphatic heterocycles. The minimum Gasteiger partial charge on any atom is -0.214 e. The molecule has 0 radical (unpaired) electrons. The molecule has 0 fully saturated rings. The molecular weight excluding hydrogens is 276 g/mol. The van der Waals surface area contributed by atoms with Gasteiger partial charge in [-0.15, -0.1) is 0 Å². The first kappa shape index (κ1) is 17.8. The average Bonchev–Trinajstić information content (AvgIpc) is 2.26. The third-order valence-electron chi connectivity index (χ3n) is 2.54. The number of sulfonamides is 2. The molecular formula is C10H24N2O4S2. The lowest BCUT2D eigenvalue weighted by atomic mass is 10.2. The number of unbranched alkanes of at least 4 members (excludes halogenated alkanes) is 2. The van der Waals surface area contributed by atoms with Crippen molar-refractivity contribution in [1.82, 2.24) is 9.03 Å². The Hall–Kier alpha value is -0.180. The molecule has 0 aliphatic carbocycles. The molecule has 0 aromatic rings. The fourth-order valence-electron chi connectivity index (χ4n) is 1.41. The first-order chi connectivity index (χ1) is 8.23. The summed E-state index contributed by atoms with van der Waals surface area (Å²) in [5.41, 5.74) is 0. The highest BCUT2D eigenvalue weighted by molar-refractivity contribution is 7.89. The van der Waals surface area contributed by atoms with Crippen molar-refractivity contribution in [2.75, 3.05) is 31.6 Å². The quantitative estimate of drug-likeness (QED) is 0.591. The summed E-state index contributed by atoms with van der Waals surface area (Å²) in [5, 5.41) is 0. The van der Waals surface area contributed by atoms with E-state index in [0.29, 0.717) is 6.54 Å². The van der Waals surface area contributed by atoms with E-state index in [1.54, 1.807) is 0 Å². The maximum absolute atomic E-state index is 11.5. The zero-order valence-corrected chi connectivity index (χ0v) is 13.0. The zero-order valence-electron chi connectivity index (χ0n) is 11.3. The molecule has 0 heterocycles. The van der Waals surface area contributed by atoms with Crippen LogP contribution in [0.2, 0.25) is 0 Å². The van der Waals surface area contributed by atoms with Crippen LogP contribution in [0.1, 0.15) is 33.1 Å². The van der Waals surface area contributed by atoms with Gasteiger partial charge in [-0.1, -0.05) is 19.8 Å². The SMILES string of the molecule is CCCCCN(CCNS(=O)(=O)CC)S(C)(=O)=O. The van der Waals surface area contributed by atoms with Crippen molar-refractivity contribution in [3.05, 3.63) is 0 Å². The minimum atomic E-state index is -3.27. The third-order valence-corrected chi connectivity index (χ3v) is 5.25. The Morgan fingerprint density at radius 1 is 1.00 bits per heavy atom. The lowest BCUT2D eigenvalue weighted by Crippen LogP contribution is -2.39. The van der Waals surface area contributed by atoms with Gasteiger partial charge < -0.3 is 0 Å². The second-order valence-corrected chi connectivity index (χ2v) is 8.24. The Kier molecular flexibility index (Phi) is 8.00. The summed E-state index contributed by atoms with van der Waals surface area (Å²) >= 11 is 0. The molecule has 0 aromatic heterocycles. The Morgan fingerprint density at radius 3 is 2.06 bits per heavy atom. The lowest BCUT2D eigenvalue weighted by Gasteiger charge is -2.19. The monoisotopic (exact) mass is 300 g/mol. The van der Waals surface area contributed by atoms with Crippen molar-refractivity contribution >= 4 is 20.0 Å². The van der Waals surface area contributed by atoms with Crippen molar-refractivity contribution < 1.29 is 16.8 Å². The van der Waals surface area contributed by atoms with Gasteiger partial charge in [-0.3, -0.25) is 0 Å². The number of rotatable bonds is 10. The second kappa shape index (κ2) is 8.08. The van der Waals surface area contributed by atoms with E-state index in [0.717, 1.165) is 25.5 Å². The van der Waals surface area contributed by atoms with Crippen molar-refractivity contribution in [3.8, 4) is 0 Å². The summed E-state index contributed by atoms with van der Waals surface area (Å²) in [7, 11) is -6.53. The van der Waals surface area contributed by atoms with E-state index in [4.69, 9.17) is 0 Å². The molecule has 0 rings (SSSR count). The largest absolute Gasteiger partial charge is 0.214 e. The maximum Gasteiger partial charge on any atom is 0.211 e. The number of hydrogen-bond donors (Lipinski definition) is 1. The first-order valence-electron chi connectivity index (χ1n) is 6.15. The summed E-state index contributed by atoms with van der Waals surface area (Å²) < 4.78 is 49.1. The van der Waals surface area contributed by atoms with Gasteiger partial charge in [-0.2, -0.15) is 0 Å². The summed E-state index contributed by atoms with van der Waals surface area (Å²) in [6.45, 7) is 4.33. The number of hydrogen-bond acceptors (Lipinski definition) is 4. The van der Waals surface area contributed by atoms with Crippen LogP contribution >= 0.6 is 0 Å². The maximum atomic E-state index is 11.5. The fourth-order valence-corrected chi connectivity index (χ4v) is 2.90. The van der Waals surface area contributed by atoms with Crippen LogP contribution in [0, 0.1) is 0 Å². The number of nitrogens with zero attached hydrogens (tertiary/aromatic N) is 1. The first-order valence-corrected chi connectivity index (χ1v) is 9.65. The second-order valence-electron chi connectivity index (χ2n) is 4.17. The van der Waals surface area contributed by atoms with Crippen molar-refractivity contribution in [2.24, 2.45) is 0 Å². The third kappa shape index (κ3) is 8.02. The summed E-state index contributed by atoms with van der Waals surface area (Å²) in [6.07, 6.45) is 3.92. The predicted molar refractivity (Wildman–Crippen MR) is 73.4 cm³/mol. The molecule has 0 saturated heterocycles. The molecule has 0 atom stereocenters. The topological polar surface area (TPSA) is 83.6 Å². The molecule has 0 saturated carbocycles. The highest BCUT2D eigenvalue weighted by Gasteiger charge is 2.16. The van der Waals surface area contributed by atoms with Gasteiger partial charge in [-0.05, 0) is 13.3 Å². The predicted octanol–water partition coefficient (Wildman–Crippen LogP) is 0.378. The summed E-state index contributed by atoms with van der Waals surface area (Å²) in [6, 6.07) is 0. The minimum absolute atomic E-state index is 0.00170. The van der Waals surface area contributed by atoms with Crippen LogP contribution in [0.15, 0.2) is 0 Å². The molecule has 0 unspecified atom stereocenters. The standard InChI is InChI=1S/C10H24N2O4S2/c1-4-6-7-9-12(17(3,13)14)10-8-11-18(15,16)5-2/h11H,4-10H2,1-3H3. The van der Waals surface area contributed by atoms with Crippen LogP contribution in [0.4, 0.5) is 0 Å². The van der Waals surface area contributed by atoms with E-state index in [9.17, 15) is 16.8 Å². The average molecular weight is 300 g/mol. The van der Waals surface area contributed by atoms with Crippen LogP contribution < -0.4 is 4.72 Å². The molecule has 1 N–H and O–H groups in total. The van der Waals surface area contributed by atoms with Crippen molar-refractivity contribution in [1.29, 1.82) is 0 Å². The molecule has 0 aliphatic rings. The Balaban J connectivity index is 4.27. The molecule has 8 heteroatoms. The molecule has 110 valence electrons. The van der Waals surface area contributed by atoms with Crippen LogP contribution in [-0.4, -0.2) is 52.8 Å². The van der Waals surface area contributed by atoms with E-state index in [1.165, 1.54) is 11.2 Å². The Bertz CT molecular complexity index is 417. The summed E-state index contributed by atoms with van der Waals surface area (Å²) in [5.74, 6) is 0.00170. The lowest BCUT2D eigenvalue weighted by molar-refractivity contribution is 0.405. The molecule has 0 bridgehead atoms. The molecule has 6 nitrogen and oxygen atoms in total. The van der Waals surface area contributed by atoms with E-state index in [-0.39, 0.29) is 18.8 Å². The van der Waals surface area contributed by atoms with Gasteiger partial charge in [0.05, 0.1) is 12.0 Å². The van der Waals surface area contributed by atoms with Crippen LogP contribution in [0.5, 0.6) is 0 Å². The Morgan fingerprint density at radius 2 is 1.61 bits per heavy atom. The van der Waals surface area contributed by atoms with Crippen LogP contribution in [0.25, 0.3) is 0 Å². The van der Waals surface area contributed by atoms with E-state index >= 15 is 0 Å². The Labute approximate surface area is 111 Å². The molecule has 0 aromatic carbocycles. The van der Waals surface area contributed by atoms with Gasteiger partial charge >= 0.3 is 0 Å². The van der Waals surface area contributed by atoms with Gasteiger partial charge in [0.2, 0.25) is 20.0 Å². The van der Waals surface area contributed by atoms with Gasteiger partial charge in [0.1, 0.15) is 0 Å². The smallest absolute Gasteiger partial charge is 0.211 e. The highest BCUT2D eigenvalue weighted by Crippen LogP contribution is 2.02. The van der Waals surface area contributed by atoms with Gasteiger partial charge in [0, 0.05) is 19.6 Å². The molecule has 0 amide bonds. The van der Waals surface area contributed by atoms with E-state index < -0.39 is 20.0 Å². The van der Waals surface area contributed by atoms with Crippen molar-refractivity contribution in [3.63, 3.8) is 0 Å². The normalized spacial score (nSPS) is 13.1. The van der Waals surface area contributed by atoms with Gasteiger partial charge in [0.25, 0.3) is 0 Å². The highest BCUT2D eigenvalue weighted by atomic mass is 32.2. The van der Waals surface area contributed by atoms with Gasteiger partial charge in [0.15, 0.2) is 0 Å². The zero-order chi connectivity index (χ0) is 14.2. The van der Waals surface area contributed by atoms with Crippen molar-refractivity contribution in [2.45, 2.75) is 33.1 Å². The summed E-state index contributed by atoms with van der Waals surface area (Å²) in [4.78, 5) is 0. The van der Waals surface area contributed by atoms with E-state index in [2.05, 4.69) is 4.72 Å². The number of nitrogens with one attached hydrogen (secondary N) is 1. The van der Waals surface area contributed by atoms with E-state index in [1.807, 2.05) is 6.92 Å². The fraction of sp³-hybridized carbons (Fsp3) is 1.00. The van der Waals surface area contributed by atoms with Crippen LogP contribution in [0.3, 0.4) is 0 Å². The molecule has 0 spiro atoms.